The molecule has 3 saturated heterocycles. The first-order valence-electron chi connectivity index (χ1n) is 14.3. The van der Waals surface area contributed by atoms with Gasteiger partial charge in [-0.3, -0.25) is 9.69 Å². The first kappa shape index (κ1) is 27.9. The Bertz CT molecular complexity index is 1460. The molecular formula is C31H34N6O5. The summed E-state index contributed by atoms with van der Waals surface area (Å²) in [6.45, 7) is 5.94. The van der Waals surface area contributed by atoms with Gasteiger partial charge in [0.1, 0.15) is 29.5 Å². The van der Waals surface area contributed by atoms with Gasteiger partial charge in [-0.25, -0.2) is 9.97 Å². The number of nitriles is 1. The highest BCUT2D eigenvalue weighted by Gasteiger charge is 2.31. The van der Waals surface area contributed by atoms with Crippen LogP contribution < -0.4 is 14.8 Å². The minimum Gasteiger partial charge on any atom is -0.496 e. The van der Waals surface area contributed by atoms with E-state index in [2.05, 4.69) is 26.3 Å². The topological polar surface area (TPSA) is 122 Å². The Hall–Kier alpha value is -4.24. The van der Waals surface area contributed by atoms with Gasteiger partial charge in [0.05, 0.1) is 50.7 Å². The normalized spacial score (nSPS) is 18.1. The van der Waals surface area contributed by atoms with Crippen molar-refractivity contribution < 1.29 is 23.7 Å². The van der Waals surface area contributed by atoms with E-state index >= 15 is 0 Å². The van der Waals surface area contributed by atoms with Crippen LogP contribution in [0, 0.1) is 11.3 Å². The van der Waals surface area contributed by atoms with Gasteiger partial charge in [-0.2, -0.15) is 5.26 Å². The molecule has 42 heavy (non-hydrogen) atoms. The van der Waals surface area contributed by atoms with Crippen molar-refractivity contribution in [2.75, 3.05) is 65.0 Å². The number of carbonyl (C=O) groups excluding carboxylic acids is 1. The van der Waals surface area contributed by atoms with Crippen molar-refractivity contribution in [3.8, 4) is 29.0 Å². The Morgan fingerprint density at radius 3 is 2.55 bits per heavy atom. The van der Waals surface area contributed by atoms with E-state index in [-0.39, 0.29) is 12.0 Å². The van der Waals surface area contributed by atoms with Crippen LogP contribution in [-0.4, -0.2) is 97.5 Å². The van der Waals surface area contributed by atoms with Gasteiger partial charge in [-0.15, -0.1) is 0 Å². The third-order valence-electron chi connectivity index (χ3n) is 7.92. The molecule has 3 aliphatic rings. The van der Waals surface area contributed by atoms with E-state index in [0.717, 1.165) is 44.8 Å². The van der Waals surface area contributed by atoms with Crippen molar-refractivity contribution in [3.63, 3.8) is 0 Å². The minimum atomic E-state index is -0.0372. The van der Waals surface area contributed by atoms with Gasteiger partial charge in [0.25, 0.3) is 5.91 Å². The number of rotatable bonds is 8. The monoisotopic (exact) mass is 570 g/mol. The Labute approximate surface area is 245 Å². The van der Waals surface area contributed by atoms with E-state index in [4.69, 9.17) is 18.9 Å². The zero-order chi connectivity index (χ0) is 28.9. The van der Waals surface area contributed by atoms with Crippen molar-refractivity contribution in [1.82, 2.24) is 19.8 Å². The van der Waals surface area contributed by atoms with Crippen molar-refractivity contribution >= 4 is 17.4 Å². The fourth-order valence-electron chi connectivity index (χ4n) is 5.39. The quantitative estimate of drug-likeness (QED) is 0.431. The summed E-state index contributed by atoms with van der Waals surface area (Å²) in [6.07, 6.45) is 3.30. The molecule has 0 radical (unpaired) electrons. The van der Waals surface area contributed by atoms with Crippen LogP contribution in [0.15, 0.2) is 48.7 Å². The van der Waals surface area contributed by atoms with Gasteiger partial charge in [-0.1, -0.05) is 0 Å². The van der Waals surface area contributed by atoms with E-state index in [9.17, 15) is 10.1 Å². The summed E-state index contributed by atoms with van der Waals surface area (Å²) in [5.41, 5.74) is 2.39. The molecule has 0 aliphatic carbocycles. The molecule has 1 N–H and O–H groups in total. The molecular weight excluding hydrogens is 536 g/mol. The van der Waals surface area contributed by atoms with Gasteiger partial charge in [0.15, 0.2) is 5.82 Å². The average Bonchev–Trinajstić information content (AvgIpc) is 3.01. The Morgan fingerprint density at radius 1 is 1.02 bits per heavy atom. The summed E-state index contributed by atoms with van der Waals surface area (Å²) in [4.78, 5) is 26.7. The molecule has 6 rings (SSSR count). The number of hydrogen-bond acceptors (Lipinski definition) is 10. The molecule has 3 fully saturated rings. The van der Waals surface area contributed by atoms with Crippen molar-refractivity contribution in [2.45, 2.75) is 25.0 Å². The van der Waals surface area contributed by atoms with Crippen LogP contribution in [0.25, 0.3) is 11.4 Å². The van der Waals surface area contributed by atoms with Crippen molar-refractivity contribution in [3.05, 3.63) is 59.8 Å². The van der Waals surface area contributed by atoms with E-state index in [1.807, 2.05) is 17.0 Å². The SMILES string of the molecule is COc1cc(Nc2ccnc(-c3ccc(OC4CCOCC4)c(C#N)c3)n2)ccc1C(=O)N1CCN(C2COC2)CC1. The van der Waals surface area contributed by atoms with Crippen LogP contribution >= 0.6 is 0 Å². The average molecular weight is 571 g/mol. The van der Waals surface area contributed by atoms with Crippen LogP contribution in [-0.2, 0) is 9.47 Å². The first-order chi connectivity index (χ1) is 20.6. The zero-order valence-electron chi connectivity index (χ0n) is 23.6. The highest BCUT2D eigenvalue weighted by Crippen LogP contribution is 2.30. The number of ether oxygens (including phenoxy) is 4. The molecule has 3 aliphatic heterocycles. The lowest BCUT2D eigenvalue weighted by Crippen LogP contribution is -2.57. The van der Waals surface area contributed by atoms with Crippen LogP contribution in [0.2, 0.25) is 0 Å². The maximum atomic E-state index is 13.3. The molecule has 3 aromatic rings. The third-order valence-corrected chi connectivity index (χ3v) is 7.92. The highest BCUT2D eigenvalue weighted by molar-refractivity contribution is 5.97. The fraction of sp³-hybridized carbons (Fsp3) is 0.419. The molecule has 0 bridgehead atoms. The lowest BCUT2D eigenvalue weighted by atomic mass is 10.1. The number of methoxy groups -OCH3 is 1. The molecule has 2 aromatic carbocycles. The molecule has 11 nitrogen and oxygen atoms in total. The number of anilines is 2. The predicted molar refractivity (Wildman–Crippen MR) is 155 cm³/mol. The fourth-order valence-corrected chi connectivity index (χ4v) is 5.39. The number of benzene rings is 2. The summed E-state index contributed by atoms with van der Waals surface area (Å²) < 4.78 is 22.4. The van der Waals surface area contributed by atoms with Gasteiger partial charge in [-0.05, 0) is 36.4 Å². The van der Waals surface area contributed by atoms with Crippen LogP contribution in [0.3, 0.4) is 0 Å². The Balaban J connectivity index is 1.13. The molecule has 1 amide bonds. The number of piperazine rings is 1. The van der Waals surface area contributed by atoms with Crippen LogP contribution in [0.1, 0.15) is 28.8 Å². The summed E-state index contributed by atoms with van der Waals surface area (Å²) in [5.74, 6) is 2.05. The van der Waals surface area contributed by atoms with Crippen molar-refractivity contribution in [2.24, 2.45) is 0 Å². The molecule has 1 aromatic heterocycles. The highest BCUT2D eigenvalue weighted by atomic mass is 16.5. The van der Waals surface area contributed by atoms with Gasteiger partial charge in [0.2, 0.25) is 0 Å². The van der Waals surface area contributed by atoms with Crippen LogP contribution in [0.5, 0.6) is 11.5 Å². The molecule has 4 heterocycles. The predicted octanol–water partition coefficient (Wildman–Crippen LogP) is 3.48. The lowest BCUT2D eigenvalue weighted by molar-refractivity contribution is -0.0746. The summed E-state index contributed by atoms with van der Waals surface area (Å²) in [7, 11) is 1.56. The van der Waals surface area contributed by atoms with E-state index < -0.39 is 0 Å². The minimum absolute atomic E-state index is 0.0372. The number of carbonyl (C=O) groups is 1. The summed E-state index contributed by atoms with van der Waals surface area (Å²) in [5, 5.41) is 13.0. The van der Waals surface area contributed by atoms with Gasteiger partial charge >= 0.3 is 0 Å². The zero-order valence-corrected chi connectivity index (χ0v) is 23.6. The second-order valence-corrected chi connectivity index (χ2v) is 10.6. The first-order valence-corrected chi connectivity index (χ1v) is 14.3. The van der Waals surface area contributed by atoms with Gasteiger partial charge in [0, 0.05) is 62.5 Å². The number of nitrogens with zero attached hydrogens (tertiary/aromatic N) is 5. The van der Waals surface area contributed by atoms with Crippen LogP contribution in [0.4, 0.5) is 11.5 Å². The van der Waals surface area contributed by atoms with Gasteiger partial charge < -0.3 is 29.2 Å². The standard InChI is InChI=1S/C31H34N6O5/c1-39-28-17-23(3-4-26(28)31(38)37-12-10-36(11-13-37)24-19-41-20-24)34-29-6-9-33-30(35-29)21-2-5-27(22(16-21)18-32)42-25-7-14-40-15-8-25/h2-6,9,16-17,24-25H,7-8,10-15,19-20H2,1H3,(H,33,34,35). The Kier molecular flexibility index (Phi) is 8.46. The lowest BCUT2D eigenvalue weighted by Gasteiger charge is -2.42. The summed E-state index contributed by atoms with van der Waals surface area (Å²) in [6, 6.07) is 15.3. The maximum Gasteiger partial charge on any atom is 0.257 e. The summed E-state index contributed by atoms with van der Waals surface area (Å²) >= 11 is 0. The number of nitrogens with one attached hydrogen (secondary N) is 1. The number of amides is 1. The molecule has 0 spiro atoms. The Morgan fingerprint density at radius 2 is 1.83 bits per heavy atom. The van der Waals surface area contributed by atoms with E-state index in [1.54, 1.807) is 43.6 Å². The van der Waals surface area contributed by atoms with Crippen molar-refractivity contribution in [1.29, 1.82) is 5.26 Å². The maximum absolute atomic E-state index is 13.3. The number of aromatic nitrogens is 2. The smallest absolute Gasteiger partial charge is 0.257 e. The second-order valence-electron chi connectivity index (χ2n) is 10.6. The second kappa shape index (κ2) is 12.7. The van der Waals surface area contributed by atoms with E-state index in [1.165, 1.54) is 0 Å². The third kappa shape index (κ3) is 6.16. The molecule has 11 heteroatoms. The molecule has 0 atom stereocenters. The largest absolute Gasteiger partial charge is 0.496 e. The molecule has 218 valence electrons. The van der Waals surface area contributed by atoms with E-state index in [0.29, 0.717) is 72.2 Å². The molecule has 0 saturated carbocycles. The molecule has 0 unspecified atom stereocenters. The number of hydrogen-bond donors (Lipinski definition) is 1.